The summed E-state index contributed by atoms with van der Waals surface area (Å²) in [7, 11) is 5.71. The predicted molar refractivity (Wildman–Crippen MR) is 81.6 cm³/mol. The highest BCUT2D eigenvalue weighted by molar-refractivity contribution is 6.20. The van der Waals surface area contributed by atoms with Crippen LogP contribution >= 0.6 is 11.6 Å². The van der Waals surface area contributed by atoms with Gasteiger partial charge in [-0.3, -0.25) is 0 Å². The molecule has 0 fully saturated rings. The van der Waals surface area contributed by atoms with E-state index in [0.717, 1.165) is 23.5 Å². The number of ether oxygens (including phenoxy) is 1. The minimum Gasteiger partial charge on any atom is -0.481 e. The molecule has 2 atom stereocenters. The van der Waals surface area contributed by atoms with Gasteiger partial charge in [0.25, 0.3) is 0 Å². The van der Waals surface area contributed by atoms with Crippen molar-refractivity contribution < 1.29 is 4.74 Å². The average molecular weight is 297 g/mol. The quantitative estimate of drug-likeness (QED) is 0.796. The van der Waals surface area contributed by atoms with Crippen LogP contribution in [0, 0.1) is 0 Å². The summed E-state index contributed by atoms with van der Waals surface area (Å²) >= 11 is 6.28. The second-order valence-corrected chi connectivity index (χ2v) is 5.92. The maximum absolute atomic E-state index is 6.28. The number of hydrogen-bond donors (Lipinski definition) is 0. The fourth-order valence-electron chi connectivity index (χ4n) is 2.41. The molecule has 0 N–H and O–H groups in total. The Labute approximate surface area is 124 Å². The second-order valence-electron chi connectivity index (χ2n) is 5.26. The lowest BCUT2D eigenvalue weighted by Crippen LogP contribution is -2.24. The lowest BCUT2D eigenvalue weighted by molar-refractivity contribution is 0.335. The summed E-state index contributed by atoms with van der Waals surface area (Å²) in [6.07, 6.45) is 0. The van der Waals surface area contributed by atoms with Crippen molar-refractivity contribution in [2.45, 2.75) is 25.3 Å². The summed E-state index contributed by atoms with van der Waals surface area (Å²) in [4.78, 5) is 11.3. The van der Waals surface area contributed by atoms with Crippen LogP contribution in [0.3, 0.4) is 0 Å². The molecule has 0 saturated heterocycles. The van der Waals surface area contributed by atoms with Crippen molar-refractivity contribution in [1.82, 2.24) is 19.4 Å². The molecular weight excluding hydrogens is 276 g/mol. The van der Waals surface area contributed by atoms with Crippen LogP contribution in [-0.2, 0) is 0 Å². The van der Waals surface area contributed by atoms with Crippen molar-refractivity contribution in [1.29, 1.82) is 0 Å². The zero-order chi connectivity index (χ0) is 14.9. The van der Waals surface area contributed by atoms with Gasteiger partial charge in [-0.1, -0.05) is 0 Å². The molecule has 0 amide bonds. The number of hydrogen-bond acceptors (Lipinski definition) is 4. The maximum Gasteiger partial charge on any atom is 0.215 e. The SMILES string of the molecule is COc1ccc2nc(C(C)Cl)n(C(C)CN(C)C)c2n1. The van der Waals surface area contributed by atoms with Crippen LogP contribution in [0.15, 0.2) is 12.1 Å². The number of likely N-dealkylation sites (N-methyl/N-ethyl adjacent to an activating group) is 1. The molecule has 0 bridgehead atoms. The van der Waals surface area contributed by atoms with Crippen LogP contribution in [0.2, 0.25) is 0 Å². The zero-order valence-corrected chi connectivity index (χ0v) is 13.3. The number of alkyl halides is 1. The summed E-state index contributed by atoms with van der Waals surface area (Å²) in [5.41, 5.74) is 1.67. The smallest absolute Gasteiger partial charge is 0.215 e. The van der Waals surface area contributed by atoms with Crippen LogP contribution in [0.4, 0.5) is 0 Å². The summed E-state index contributed by atoms with van der Waals surface area (Å²) in [5, 5.41) is -0.167. The third-order valence-corrected chi connectivity index (χ3v) is 3.37. The summed E-state index contributed by atoms with van der Waals surface area (Å²) in [6, 6.07) is 3.97. The molecule has 5 nitrogen and oxygen atoms in total. The van der Waals surface area contributed by atoms with Gasteiger partial charge in [0.05, 0.1) is 12.5 Å². The van der Waals surface area contributed by atoms with Crippen molar-refractivity contribution in [2.24, 2.45) is 0 Å². The fourth-order valence-corrected chi connectivity index (χ4v) is 2.57. The molecule has 0 saturated carbocycles. The number of methoxy groups -OCH3 is 1. The van der Waals surface area contributed by atoms with Crippen molar-refractivity contribution in [3.05, 3.63) is 18.0 Å². The number of imidazole rings is 1. The topological polar surface area (TPSA) is 43.2 Å². The third kappa shape index (κ3) is 2.88. The first-order valence-corrected chi connectivity index (χ1v) is 7.09. The van der Waals surface area contributed by atoms with E-state index in [-0.39, 0.29) is 11.4 Å². The molecule has 2 aromatic heterocycles. The fraction of sp³-hybridized carbons (Fsp3) is 0.571. The van der Waals surface area contributed by atoms with Gasteiger partial charge in [-0.25, -0.2) is 4.98 Å². The number of aromatic nitrogens is 3. The van der Waals surface area contributed by atoms with Gasteiger partial charge in [0.15, 0.2) is 5.65 Å². The Morgan fingerprint density at radius 3 is 2.55 bits per heavy atom. The van der Waals surface area contributed by atoms with Gasteiger partial charge < -0.3 is 14.2 Å². The molecule has 6 heteroatoms. The highest BCUT2D eigenvalue weighted by Gasteiger charge is 2.20. The minimum atomic E-state index is -0.167. The first kappa shape index (κ1) is 15.1. The van der Waals surface area contributed by atoms with E-state index in [1.54, 1.807) is 7.11 Å². The maximum atomic E-state index is 6.28. The molecule has 2 unspecified atom stereocenters. The molecule has 0 aliphatic carbocycles. The van der Waals surface area contributed by atoms with E-state index >= 15 is 0 Å². The van der Waals surface area contributed by atoms with Crippen molar-refractivity contribution in [3.8, 4) is 5.88 Å². The third-order valence-electron chi connectivity index (χ3n) is 3.17. The number of halogens is 1. The predicted octanol–water partition coefficient (Wildman–Crippen LogP) is 2.86. The summed E-state index contributed by atoms with van der Waals surface area (Å²) in [5.74, 6) is 1.43. The molecule has 0 radical (unpaired) electrons. The zero-order valence-electron chi connectivity index (χ0n) is 12.6. The van der Waals surface area contributed by atoms with Crippen LogP contribution in [-0.4, -0.2) is 47.2 Å². The number of fused-ring (bicyclic) bond motifs is 1. The van der Waals surface area contributed by atoms with E-state index in [9.17, 15) is 0 Å². The van der Waals surface area contributed by atoms with Crippen LogP contribution in [0.1, 0.15) is 31.1 Å². The van der Waals surface area contributed by atoms with Crippen LogP contribution < -0.4 is 4.74 Å². The van der Waals surface area contributed by atoms with Crippen molar-refractivity contribution in [3.63, 3.8) is 0 Å². The largest absolute Gasteiger partial charge is 0.481 e. The first-order valence-electron chi connectivity index (χ1n) is 6.65. The van der Waals surface area contributed by atoms with Gasteiger partial charge >= 0.3 is 0 Å². The van der Waals surface area contributed by atoms with E-state index in [4.69, 9.17) is 16.3 Å². The Balaban J connectivity index is 2.59. The molecule has 0 spiro atoms. The first-order chi connectivity index (χ1) is 9.43. The highest BCUT2D eigenvalue weighted by Crippen LogP contribution is 2.28. The van der Waals surface area contributed by atoms with Gasteiger partial charge in [0, 0.05) is 18.7 Å². The van der Waals surface area contributed by atoms with E-state index < -0.39 is 0 Å². The van der Waals surface area contributed by atoms with Crippen LogP contribution in [0.5, 0.6) is 5.88 Å². The van der Waals surface area contributed by atoms with E-state index in [1.807, 2.05) is 33.2 Å². The molecule has 0 aliphatic rings. The van der Waals surface area contributed by atoms with Gasteiger partial charge in [-0.05, 0) is 34.0 Å². The molecule has 2 rings (SSSR count). The normalized spacial score (nSPS) is 14.8. The second kappa shape index (κ2) is 5.97. The number of pyridine rings is 1. The van der Waals surface area contributed by atoms with Crippen LogP contribution in [0.25, 0.3) is 11.2 Å². The highest BCUT2D eigenvalue weighted by atomic mass is 35.5. The Hall–Kier alpha value is -1.33. The van der Waals surface area contributed by atoms with E-state index in [1.165, 1.54) is 0 Å². The molecule has 2 aromatic rings. The molecule has 20 heavy (non-hydrogen) atoms. The number of nitrogens with zero attached hydrogens (tertiary/aromatic N) is 4. The molecule has 0 aliphatic heterocycles. The van der Waals surface area contributed by atoms with Crippen molar-refractivity contribution in [2.75, 3.05) is 27.7 Å². The van der Waals surface area contributed by atoms with E-state index in [2.05, 4.69) is 26.4 Å². The lowest BCUT2D eigenvalue weighted by atomic mass is 10.3. The Kier molecular flexibility index (Phi) is 4.50. The van der Waals surface area contributed by atoms with Gasteiger partial charge in [0.2, 0.25) is 5.88 Å². The number of rotatable bonds is 5. The monoisotopic (exact) mass is 296 g/mol. The molecular formula is C14H21ClN4O. The molecule has 2 heterocycles. The van der Waals surface area contributed by atoms with E-state index in [0.29, 0.717) is 5.88 Å². The minimum absolute atomic E-state index is 0.167. The average Bonchev–Trinajstić information content (AvgIpc) is 2.76. The van der Waals surface area contributed by atoms with Crippen molar-refractivity contribution >= 4 is 22.8 Å². The lowest BCUT2D eigenvalue weighted by Gasteiger charge is -2.21. The Bertz CT molecular complexity index is 594. The summed E-state index contributed by atoms with van der Waals surface area (Å²) in [6.45, 7) is 4.96. The molecule has 0 aromatic carbocycles. The molecule has 110 valence electrons. The Morgan fingerprint density at radius 1 is 1.30 bits per heavy atom. The standard InChI is InChI=1S/C14H21ClN4O/c1-9(8-18(3)4)19-13(10(2)15)16-11-6-7-12(20-5)17-14(11)19/h6-7,9-10H,8H2,1-5H3. The van der Waals surface area contributed by atoms with Gasteiger partial charge in [0.1, 0.15) is 11.3 Å². The summed E-state index contributed by atoms with van der Waals surface area (Å²) < 4.78 is 7.32. The Morgan fingerprint density at radius 2 is 2.00 bits per heavy atom. The van der Waals surface area contributed by atoms with Gasteiger partial charge in [-0.15, -0.1) is 11.6 Å². The van der Waals surface area contributed by atoms with Gasteiger partial charge in [-0.2, -0.15) is 4.98 Å².